The first-order valence-corrected chi connectivity index (χ1v) is 32.6. The molecule has 440 valence electrons. The Morgan fingerprint density at radius 2 is 0.744 bits per heavy atom. The number of sulfonamides is 2. The van der Waals surface area contributed by atoms with Crippen molar-refractivity contribution in [1.82, 2.24) is 28.5 Å². The molecule has 0 aliphatic rings. The Balaban J connectivity index is 0.893. The largest absolute Gasteiger partial charge is 0.508 e. The second-order valence-corrected chi connectivity index (χ2v) is 25.7. The van der Waals surface area contributed by atoms with Gasteiger partial charge in [0.25, 0.3) is 0 Å². The zero-order chi connectivity index (χ0) is 59.8. The Kier molecular flexibility index (Phi) is 20.1. The van der Waals surface area contributed by atoms with Gasteiger partial charge in [0.1, 0.15) is 34.8 Å². The standard InChI is InChI=1S/C69H66Cl2N6O7S2/c70-61-37-19-23-53(43-61)45-74-85(79,80)49-65(41-21-39-63-47-76(51-72-63)68(55-25-7-1-8-26-55,56-27-9-2-10-28-56)57-29-11-3-12-30-57)83-67(78)84-66(50-86(81,82)75-46-54-24-20-38-62(71)44-54)42-22-40-64-48-77(52-73-64)69(58-31-13-4-14-32-58,59-33-15-5-16-34-59)60-35-17-6-18-36-60/h1-20,23-38,43-44,47-48,51-52,65-66,74-75H,21-22,39-42,45-46,49-50H2. The van der Waals surface area contributed by atoms with E-state index in [9.17, 15) is 21.6 Å². The molecule has 0 radical (unpaired) electrons. The van der Waals surface area contributed by atoms with Crippen molar-refractivity contribution in [2.24, 2.45) is 0 Å². The quantitative estimate of drug-likeness (QED) is 0.0359. The van der Waals surface area contributed by atoms with Crippen LogP contribution in [0.4, 0.5) is 4.79 Å². The fourth-order valence-corrected chi connectivity index (χ4v) is 14.2. The summed E-state index contributed by atoms with van der Waals surface area (Å²) in [5.74, 6) is -1.22. The van der Waals surface area contributed by atoms with Gasteiger partial charge in [-0.2, -0.15) is 0 Å². The number of hydrogen-bond donors (Lipinski definition) is 2. The molecular formula is C69H66Cl2N6O7S2. The molecule has 86 heavy (non-hydrogen) atoms. The van der Waals surface area contributed by atoms with Gasteiger partial charge in [0, 0.05) is 35.5 Å². The van der Waals surface area contributed by atoms with Crippen molar-refractivity contribution in [3.63, 3.8) is 0 Å². The molecule has 13 nitrogen and oxygen atoms in total. The fourth-order valence-electron chi connectivity index (χ4n) is 11.3. The third-order valence-corrected chi connectivity index (χ3v) is 18.5. The van der Waals surface area contributed by atoms with E-state index in [4.69, 9.17) is 42.6 Å². The van der Waals surface area contributed by atoms with Crippen LogP contribution in [0.15, 0.2) is 256 Å². The molecule has 0 spiro atoms. The van der Waals surface area contributed by atoms with Gasteiger partial charge in [-0.1, -0.05) is 229 Å². The maximum absolute atomic E-state index is 14.2. The Morgan fingerprint density at radius 1 is 0.442 bits per heavy atom. The lowest BCUT2D eigenvalue weighted by Crippen LogP contribution is -2.37. The van der Waals surface area contributed by atoms with E-state index < -0.39 is 61.0 Å². The summed E-state index contributed by atoms with van der Waals surface area (Å²) in [4.78, 5) is 24.0. The van der Waals surface area contributed by atoms with Crippen LogP contribution in [-0.2, 0) is 66.5 Å². The zero-order valence-electron chi connectivity index (χ0n) is 47.2. The predicted octanol–water partition coefficient (Wildman–Crippen LogP) is 13.5. The lowest BCUT2D eigenvalue weighted by molar-refractivity contribution is 0.00454. The summed E-state index contributed by atoms with van der Waals surface area (Å²) in [6.07, 6.45) is 5.65. The number of carbonyl (C=O) groups excluding carboxylic acids is 1. The third-order valence-electron chi connectivity index (χ3n) is 15.2. The number of carbonyl (C=O) groups is 1. The van der Waals surface area contributed by atoms with E-state index in [1.54, 1.807) is 48.5 Å². The van der Waals surface area contributed by atoms with Crippen molar-refractivity contribution in [2.45, 2.75) is 74.9 Å². The van der Waals surface area contributed by atoms with Crippen LogP contribution in [0.1, 0.15) is 81.6 Å². The molecule has 2 unspecified atom stereocenters. The second-order valence-electron chi connectivity index (χ2n) is 21.1. The van der Waals surface area contributed by atoms with E-state index in [0.29, 0.717) is 46.9 Å². The molecule has 0 saturated heterocycles. The minimum absolute atomic E-state index is 0.0599. The van der Waals surface area contributed by atoms with Gasteiger partial charge in [-0.3, -0.25) is 0 Å². The minimum atomic E-state index is -4.11. The molecule has 2 aromatic heterocycles. The van der Waals surface area contributed by atoms with Gasteiger partial charge in [0.2, 0.25) is 20.0 Å². The molecule has 2 N–H and O–H groups in total. The first-order chi connectivity index (χ1) is 41.8. The molecule has 2 heterocycles. The Bertz CT molecular complexity index is 3560. The molecule has 2 atom stereocenters. The number of rotatable bonds is 28. The van der Waals surface area contributed by atoms with Crippen molar-refractivity contribution in [3.8, 4) is 0 Å². The highest BCUT2D eigenvalue weighted by Crippen LogP contribution is 2.42. The van der Waals surface area contributed by atoms with E-state index in [0.717, 1.165) is 44.8 Å². The number of hydrogen-bond acceptors (Lipinski definition) is 9. The van der Waals surface area contributed by atoms with Crippen molar-refractivity contribution >= 4 is 49.4 Å². The molecule has 0 amide bonds. The third kappa shape index (κ3) is 15.1. The monoisotopic (exact) mass is 1220 g/mol. The summed E-state index contributed by atoms with van der Waals surface area (Å²) in [6.45, 7) is -0.120. The molecule has 0 saturated carbocycles. The molecule has 0 bridgehead atoms. The number of nitrogens with zero attached hydrogens (tertiary/aromatic N) is 4. The Morgan fingerprint density at radius 3 is 1.03 bits per heavy atom. The highest BCUT2D eigenvalue weighted by Gasteiger charge is 2.40. The van der Waals surface area contributed by atoms with E-state index >= 15 is 0 Å². The molecule has 0 fully saturated rings. The number of benzene rings is 8. The van der Waals surface area contributed by atoms with Crippen molar-refractivity contribution in [3.05, 3.63) is 322 Å². The summed E-state index contributed by atoms with van der Waals surface area (Å²) in [5.41, 5.74) is 7.26. The van der Waals surface area contributed by atoms with Crippen LogP contribution in [0.3, 0.4) is 0 Å². The van der Waals surface area contributed by atoms with E-state index in [1.807, 2.05) is 134 Å². The molecule has 17 heteroatoms. The molecular weight excluding hydrogens is 1160 g/mol. The van der Waals surface area contributed by atoms with E-state index in [-0.39, 0.29) is 25.9 Å². The number of aryl methyl sites for hydroxylation is 2. The molecule has 8 aromatic carbocycles. The summed E-state index contributed by atoms with van der Waals surface area (Å²) in [6, 6.07) is 75.0. The fraction of sp³-hybridized carbons (Fsp3) is 0.203. The first kappa shape index (κ1) is 61.0. The van der Waals surface area contributed by atoms with Crippen LogP contribution in [0.2, 0.25) is 10.0 Å². The lowest BCUT2D eigenvalue weighted by Gasteiger charge is -2.37. The van der Waals surface area contributed by atoms with Gasteiger partial charge in [-0.05, 0) is 107 Å². The zero-order valence-corrected chi connectivity index (χ0v) is 50.3. The van der Waals surface area contributed by atoms with Gasteiger partial charge in [0.15, 0.2) is 0 Å². The van der Waals surface area contributed by atoms with Crippen LogP contribution < -0.4 is 9.44 Å². The number of halogens is 2. The van der Waals surface area contributed by atoms with Gasteiger partial charge in [0.05, 0.1) is 24.0 Å². The van der Waals surface area contributed by atoms with E-state index in [2.05, 4.69) is 91.4 Å². The number of aromatic nitrogens is 4. The lowest BCUT2D eigenvalue weighted by atomic mass is 9.77. The van der Waals surface area contributed by atoms with Crippen LogP contribution >= 0.6 is 23.2 Å². The number of imidazole rings is 2. The molecule has 0 aliphatic heterocycles. The van der Waals surface area contributed by atoms with Crippen molar-refractivity contribution in [1.29, 1.82) is 0 Å². The van der Waals surface area contributed by atoms with Crippen LogP contribution in [0.25, 0.3) is 0 Å². The van der Waals surface area contributed by atoms with Crippen LogP contribution in [-0.4, -0.2) is 65.8 Å². The number of ether oxygens (including phenoxy) is 2. The Labute approximate surface area is 513 Å². The van der Waals surface area contributed by atoms with Gasteiger partial charge < -0.3 is 18.6 Å². The van der Waals surface area contributed by atoms with Crippen molar-refractivity contribution < 1.29 is 31.1 Å². The summed E-state index contributed by atoms with van der Waals surface area (Å²) >= 11 is 12.5. The van der Waals surface area contributed by atoms with Crippen molar-refractivity contribution in [2.75, 3.05) is 11.5 Å². The predicted molar refractivity (Wildman–Crippen MR) is 339 cm³/mol. The maximum atomic E-state index is 14.2. The number of nitrogens with one attached hydrogen (secondary N) is 2. The molecule has 10 aromatic rings. The highest BCUT2D eigenvalue weighted by atomic mass is 35.5. The summed E-state index contributed by atoms with van der Waals surface area (Å²) < 4.78 is 77.2. The normalized spacial score (nSPS) is 12.8. The van der Waals surface area contributed by atoms with E-state index in [1.165, 1.54) is 0 Å². The average Bonchev–Trinajstić information content (AvgIpc) is 1.45. The van der Waals surface area contributed by atoms with Gasteiger partial charge in [-0.25, -0.2) is 41.0 Å². The topological polar surface area (TPSA) is 164 Å². The van der Waals surface area contributed by atoms with Gasteiger partial charge >= 0.3 is 6.16 Å². The average molecular weight is 1230 g/mol. The van der Waals surface area contributed by atoms with Crippen LogP contribution in [0.5, 0.6) is 0 Å². The smallest absolute Gasteiger partial charge is 0.430 e. The van der Waals surface area contributed by atoms with Gasteiger partial charge in [-0.15, -0.1) is 0 Å². The first-order valence-electron chi connectivity index (χ1n) is 28.5. The molecule has 10 rings (SSSR count). The highest BCUT2D eigenvalue weighted by molar-refractivity contribution is 7.89. The minimum Gasteiger partial charge on any atom is -0.430 e. The SMILES string of the molecule is O=C(OC(CCCc1cn(C(c2ccccc2)(c2ccccc2)c2ccccc2)cn1)CS(=O)(=O)NCc1cccc(Cl)c1)OC(CCCc1cn(C(c2ccccc2)(c2ccccc2)c2ccccc2)cn1)CS(=O)(=O)NCc1cccc(Cl)c1. The second kappa shape index (κ2) is 28.4. The van der Waals surface area contributed by atoms with Crippen LogP contribution in [0, 0.1) is 0 Å². The summed E-state index contributed by atoms with van der Waals surface area (Å²) in [5, 5.41) is 0.896. The summed E-state index contributed by atoms with van der Waals surface area (Å²) in [7, 11) is -8.22. The maximum Gasteiger partial charge on any atom is 0.508 e. The Hall–Kier alpha value is -8.15. The molecule has 0 aliphatic carbocycles.